The molecule has 1 heterocycles. The van der Waals surface area contributed by atoms with Crippen molar-refractivity contribution in [3.8, 4) is 0 Å². The van der Waals surface area contributed by atoms with Gasteiger partial charge in [0.15, 0.2) is 0 Å². The van der Waals surface area contributed by atoms with E-state index in [4.69, 9.17) is 0 Å². The molecule has 0 bridgehead atoms. The van der Waals surface area contributed by atoms with Crippen LogP contribution in [0.3, 0.4) is 0 Å². The van der Waals surface area contributed by atoms with Crippen molar-refractivity contribution in [2.24, 2.45) is 0 Å². The van der Waals surface area contributed by atoms with Gasteiger partial charge in [-0.25, -0.2) is 17.6 Å². The summed E-state index contributed by atoms with van der Waals surface area (Å²) in [6, 6.07) is 7.17. The maximum absolute atomic E-state index is 12.9. The van der Waals surface area contributed by atoms with E-state index in [-0.39, 0.29) is 13.1 Å². The number of aliphatic hydroxyl groups is 1. The molecule has 0 unspecified atom stereocenters. The van der Waals surface area contributed by atoms with Gasteiger partial charge in [-0.2, -0.15) is 0 Å². The smallest absolute Gasteiger partial charge is 0.308 e. The van der Waals surface area contributed by atoms with E-state index in [0.29, 0.717) is 6.54 Å². The Morgan fingerprint density at radius 1 is 1.32 bits per heavy atom. The average molecular weight is 277 g/mol. The van der Waals surface area contributed by atoms with Crippen LogP contribution in [0.4, 0.5) is 17.6 Å². The van der Waals surface area contributed by atoms with Crippen molar-refractivity contribution in [3.05, 3.63) is 35.4 Å². The third-order valence-electron chi connectivity index (χ3n) is 3.32. The Bertz CT molecular complexity index is 438. The van der Waals surface area contributed by atoms with Crippen LogP contribution in [0.5, 0.6) is 0 Å². The average Bonchev–Trinajstić information content (AvgIpc) is 2.36. The lowest BCUT2D eigenvalue weighted by atomic mass is 9.97. The Balaban J connectivity index is 1.98. The van der Waals surface area contributed by atoms with Crippen molar-refractivity contribution in [2.45, 2.75) is 31.4 Å². The second-order valence-corrected chi connectivity index (χ2v) is 4.76. The Morgan fingerprint density at radius 2 is 2.00 bits per heavy atom. The second kappa shape index (κ2) is 5.46. The lowest BCUT2D eigenvalue weighted by molar-refractivity contribution is -0.136. The van der Waals surface area contributed by atoms with Gasteiger partial charge in [0.2, 0.25) is 0 Å². The van der Waals surface area contributed by atoms with Crippen LogP contribution in [-0.4, -0.2) is 35.4 Å². The molecule has 2 nitrogen and oxygen atoms in total. The minimum Gasteiger partial charge on any atom is -0.387 e. The Kier molecular flexibility index (Phi) is 4.10. The van der Waals surface area contributed by atoms with Crippen molar-refractivity contribution >= 4 is 0 Å². The second-order valence-electron chi connectivity index (χ2n) is 4.76. The highest BCUT2D eigenvalue weighted by Gasteiger charge is 2.40. The van der Waals surface area contributed by atoms with E-state index in [1.807, 2.05) is 0 Å². The molecule has 0 aromatic heterocycles. The normalized spacial score (nSPS) is 20.6. The molecule has 1 aliphatic heterocycles. The lowest BCUT2D eigenvalue weighted by Gasteiger charge is -2.32. The van der Waals surface area contributed by atoms with Crippen LogP contribution >= 0.6 is 0 Å². The maximum atomic E-state index is 12.9. The summed E-state index contributed by atoms with van der Waals surface area (Å²) in [6.45, 7) is 0.422. The molecule has 6 heteroatoms. The van der Waals surface area contributed by atoms with E-state index in [9.17, 15) is 22.7 Å². The zero-order chi connectivity index (χ0) is 14.0. The maximum Gasteiger partial charge on any atom is 0.308 e. The molecule has 106 valence electrons. The standard InChI is InChI=1S/C13H15F4NO/c14-12(15)13(16,17)5-6-18-7-9-3-1-2-4-10(9)11(19)8-18/h1-4,11-12,19H,5-8H2/t11-/m1/s1. The van der Waals surface area contributed by atoms with E-state index in [1.165, 1.54) is 0 Å². The molecule has 0 amide bonds. The van der Waals surface area contributed by atoms with Gasteiger partial charge in [0.25, 0.3) is 0 Å². The molecule has 1 aliphatic rings. The van der Waals surface area contributed by atoms with Gasteiger partial charge in [0, 0.05) is 26.1 Å². The summed E-state index contributed by atoms with van der Waals surface area (Å²) in [5.74, 6) is -3.97. The summed E-state index contributed by atoms with van der Waals surface area (Å²) in [7, 11) is 0. The molecular weight excluding hydrogens is 262 g/mol. The van der Waals surface area contributed by atoms with E-state index in [1.54, 1.807) is 29.2 Å². The van der Waals surface area contributed by atoms with Crippen molar-refractivity contribution < 1.29 is 22.7 Å². The minimum absolute atomic E-state index is 0.164. The molecule has 0 fully saturated rings. The highest BCUT2D eigenvalue weighted by atomic mass is 19.3. The number of benzene rings is 1. The number of halogens is 4. The molecule has 1 N–H and O–H groups in total. The van der Waals surface area contributed by atoms with Gasteiger partial charge in [0.1, 0.15) is 0 Å². The minimum atomic E-state index is -3.97. The Labute approximate surface area is 108 Å². The lowest BCUT2D eigenvalue weighted by Crippen LogP contribution is -2.38. The number of rotatable bonds is 4. The van der Waals surface area contributed by atoms with Crippen LogP contribution in [0, 0.1) is 0 Å². The van der Waals surface area contributed by atoms with E-state index in [0.717, 1.165) is 11.1 Å². The monoisotopic (exact) mass is 277 g/mol. The zero-order valence-electron chi connectivity index (χ0n) is 10.2. The Hall–Kier alpha value is -1.14. The number of alkyl halides is 4. The quantitative estimate of drug-likeness (QED) is 0.855. The number of fused-ring (bicyclic) bond motifs is 1. The van der Waals surface area contributed by atoms with E-state index in [2.05, 4.69) is 0 Å². The molecule has 1 aromatic carbocycles. The SMILES string of the molecule is O[C@@H]1CN(CCC(F)(F)C(F)F)Cc2ccccc21. The molecule has 19 heavy (non-hydrogen) atoms. The number of β-amino-alcohol motifs (C(OH)–C–C–N with tert-alkyl or cyclic N) is 1. The molecule has 0 saturated carbocycles. The summed E-state index contributed by atoms with van der Waals surface area (Å²) in [4.78, 5) is 1.57. The summed E-state index contributed by atoms with van der Waals surface area (Å²) in [5.41, 5.74) is 1.63. The van der Waals surface area contributed by atoms with E-state index >= 15 is 0 Å². The van der Waals surface area contributed by atoms with Crippen molar-refractivity contribution in [2.75, 3.05) is 13.1 Å². The van der Waals surface area contributed by atoms with Crippen LogP contribution in [-0.2, 0) is 6.54 Å². The third-order valence-corrected chi connectivity index (χ3v) is 3.32. The summed E-state index contributed by atoms with van der Waals surface area (Å²) < 4.78 is 49.8. The first-order valence-electron chi connectivity index (χ1n) is 6.04. The van der Waals surface area contributed by atoms with Crippen molar-refractivity contribution in [1.29, 1.82) is 0 Å². The van der Waals surface area contributed by atoms with Crippen LogP contribution in [0.2, 0.25) is 0 Å². The third kappa shape index (κ3) is 3.25. The van der Waals surface area contributed by atoms with Crippen LogP contribution in [0.1, 0.15) is 23.7 Å². The fraction of sp³-hybridized carbons (Fsp3) is 0.538. The zero-order valence-corrected chi connectivity index (χ0v) is 10.2. The van der Waals surface area contributed by atoms with Crippen LogP contribution in [0.15, 0.2) is 24.3 Å². The van der Waals surface area contributed by atoms with Gasteiger partial charge in [-0.1, -0.05) is 24.3 Å². The molecule has 1 atom stereocenters. The number of hydrogen-bond acceptors (Lipinski definition) is 2. The number of aliphatic hydroxyl groups excluding tert-OH is 1. The molecule has 0 radical (unpaired) electrons. The topological polar surface area (TPSA) is 23.5 Å². The van der Waals surface area contributed by atoms with Gasteiger partial charge >= 0.3 is 12.3 Å². The highest BCUT2D eigenvalue weighted by Crippen LogP contribution is 2.30. The molecular formula is C13H15F4NO. The largest absolute Gasteiger partial charge is 0.387 e. The van der Waals surface area contributed by atoms with Crippen molar-refractivity contribution in [3.63, 3.8) is 0 Å². The highest BCUT2D eigenvalue weighted by molar-refractivity contribution is 5.31. The van der Waals surface area contributed by atoms with Crippen LogP contribution in [0.25, 0.3) is 0 Å². The van der Waals surface area contributed by atoms with Gasteiger partial charge < -0.3 is 5.11 Å². The summed E-state index contributed by atoms with van der Waals surface area (Å²) in [6.07, 6.45) is -5.31. The van der Waals surface area contributed by atoms with Gasteiger partial charge in [-0.05, 0) is 11.1 Å². The first kappa shape index (κ1) is 14.3. The van der Waals surface area contributed by atoms with Gasteiger partial charge in [-0.3, -0.25) is 4.90 Å². The molecule has 0 spiro atoms. The summed E-state index contributed by atoms with van der Waals surface area (Å²) in [5, 5.41) is 9.89. The van der Waals surface area contributed by atoms with Crippen molar-refractivity contribution in [1.82, 2.24) is 4.90 Å². The predicted octanol–water partition coefficient (Wildman–Crippen LogP) is 2.83. The molecule has 2 rings (SSSR count). The number of hydrogen-bond donors (Lipinski definition) is 1. The van der Waals surface area contributed by atoms with Gasteiger partial charge in [0.05, 0.1) is 6.10 Å². The van der Waals surface area contributed by atoms with Crippen LogP contribution < -0.4 is 0 Å². The molecule has 0 saturated heterocycles. The fourth-order valence-corrected chi connectivity index (χ4v) is 2.24. The Morgan fingerprint density at radius 3 is 2.68 bits per heavy atom. The predicted molar refractivity (Wildman–Crippen MR) is 62.2 cm³/mol. The first-order valence-corrected chi connectivity index (χ1v) is 6.04. The molecule has 1 aromatic rings. The number of nitrogens with zero attached hydrogens (tertiary/aromatic N) is 1. The molecule has 0 aliphatic carbocycles. The van der Waals surface area contributed by atoms with Gasteiger partial charge in [-0.15, -0.1) is 0 Å². The van der Waals surface area contributed by atoms with E-state index < -0.39 is 24.9 Å². The summed E-state index contributed by atoms with van der Waals surface area (Å²) >= 11 is 0. The fourth-order valence-electron chi connectivity index (χ4n) is 2.24. The first-order chi connectivity index (χ1) is 8.90.